The first-order valence-corrected chi connectivity index (χ1v) is 7.95. The van der Waals surface area contributed by atoms with E-state index >= 15 is 0 Å². The van der Waals surface area contributed by atoms with Crippen LogP contribution >= 0.6 is 12.2 Å². The quantitative estimate of drug-likeness (QED) is 0.686. The number of hydrogen-bond acceptors (Lipinski definition) is 3. The van der Waals surface area contributed by atoms with Gasteiger partial charge in [0, 0.05) is 18.4 Å². The van der Waals surface area contributed by atoms with Crippen molar-refractivity contribution >= 4 is 23.1 Å². The normalized spacial score (nSPS) is 12.9. The Balaban J connectivity index is 2.77. The van der Waals surface area contributed by atoms with Crippen molar-refractivity contribution in [3.05, 3.63) is 18.5 Å². The number of nitrogens with zero attached hydrogens (tertiary/aromatic N) is 2. The molecule has 6 heteroatoms. The third-order valence-corrected chi connectivity index (χ3v) is 4.05. The van der Waals surface area contributed by atoms with Gasteiger partial charge in [-0.2, -0.15) is 5.10 Å². The van der Waals surface area contributed by atoms with Crippen LogP contribution in [-0.4, -0.2) is 26.7 Å². The molecule has 1 heterocycles. The van der Waals surface area contributed by atoms with Crippen LogP contribution in [0.5, 0.6) is 0 Å². The topological polar surface area (TPSA) is 72.9 Å². The molecule has 0 saturated carbocycles. The molecule has 5 nitrogen and oxygen atoms in total. The molecule has 0 aliphatic rings. The predicted molar refractivity (Wildman–Crippen MR) is 88.9 cm³/mol. The van der Waals surface area contributed by atoms with Crippen molar-refractivity contribution in [2.75, 3.05) is 0 Å². The lowest BCUT2D eigenvalue weighted by molar-refractivity contribution is -0.128. The van der Waals surface area contributed by atoms with E-state index in [1.54, 1.807) is 10.9 Å². The fraction of sp³-hybridized carbons (Fsp3) is 0.667. The molecule has 21 heavy (non-hydrogen) atoms. The number of rotatable bonds is 9. The molecule has 1 atom stereocenters. The molecule has 0 aromatic carbocycles. The third kappa shape index (κ3) is 4.52. The second-order valence-electron chi connectivity index (χ2n) is 5.55. The number of carbonyl (C=O) groups is 1. The second kappa shape index (κ2) is 8.12. The number of nitrogens with one attached hydrogen (secondary N) is 1. The number of aromatic nitrogens is 2. The average molecular weight is 310 g/mol. The van der Waals surface area contributed by atoms with Crippen LogP contribution in [0.25, 0.3) is 0 Å². The van der Waals surface area contributed by atoms with Crippen LogP contribution in [0.4, 0.5) is 0 Å². The number of hydrogen-bond donors (Lipinski definition) is 2. The molecule has 1 amide bonds. The molecule has 1 aromatic rings. The number of thiocarbonyl (C=S) groups is 1. The maximum atomic E-state index is 12.7. The highest BCUT2D eigenvalue weighted by Gasteiger charge is 2.40. The summed E-state index contributed by atoms with van der Waals surface area (Å²) in [6.07, 6.45) is 6.73. The van der Waals surface area contributed by atoms with E-state index in [1.165, 1.54) is 0 Å². The molecule has 0 aliphatic heterocycles. The average Bonchev–Trinajstić information content (AvgIpc) is 2.90. The molecular formula is C15H26N4OS. The van der Waals surface area contributed by atoms with Crippen LogP contribution in [-0.2, 0) is 11.3 Å². The van der Waals surface area contributed by atoms with Crippen LogP contribution in [0.15, 0.2) is 18.5 Å². The van der Waals surface area contributed by atoms with Gasteiger partial charge in [-0.15, -0.1) is 0 Å². The van der Waals surface area contributed by atoms with Crippen LogP contribution in [0.2, 0.25) is 0 Å². The summed E-state index contributed by atoms with van der Waals surface area (Å²) in [6, 6.07) is 1.84. The molecule has 3 N–H and O–H groups in total. The van der Waals surface area contributed by atoms with Crippen molar-refractivity contribution in [2.45, 2.75) is 59.0 Å². The van der Waals surface area contributed by atoms with Gasteiger partial charge in [0.15, 0.2) is 0 Å². The van der Waals surface area contributed by atoms with Gasteiger partial charge in [-0.25, -0.2) is 0 Å². The number of carbonyl (C=O) groups excluding carboxylic acids is 1. The van der Waals surface area contributed by atoms with Gasteiger partial charge in [0.25, 0.3) is 0 Å². The summed E-state index contributed by atoms with van der Waals surface area (Å²) in [5, 5.41) is 7.19. The lowest BCUT2D eigenvalue weighted by Gasteiger charge is -2.32. The van der Waals surface area contributed by atoms with Gasteiger partial charge in [-0.1, -0.05) is 38.9 Å². The van der Waals surface area contributed by atoms with Crippen LogP contribution in [0.1, 0.15) is 46.5 Å². The molecule has 1 unspecified atom stereocenters. The summed E-state index contributed by atoms with van der Waals surface area (Å²) in [5.41, 5.74) is 5.18. The lowest BCUT2D eigenvalue weighted by Crippen LogP contribution is -2.51. The van der Waals surface area contributed by atoms with Gasteiger partial charge in [-0.3, -0.25) is 9.48 Å². The van der Waals surface area contributed by atoms with Crippen molar-refractivity contribution in [3.63, 3.8) is 0 Å². The summed E-state index contributed by atoms with van der Waals surface area (Å²) in [4.78, 5) is 13.0. The van der Waals surface area contributed by atoms with Crippen LogP contribution in [0.3, 0.4) is 0 Å². The molecule has 0 bridgehead atoms. The lowest BCUT2D eigenvalue weighted by atomic mass is 9.78. The summed E-state index contributed by atoms with van der Waals surface area (Å²) in [6.45, 7) is 6.68. The monoisotopic (exact) mass is 310 g/mol. The Morgan fingerprint density at radius 1 is 1.43 bits per heavy atom. The van der Waals surface area contributed by atoms with Gasteiger partial charge < -0.3 is 11.1 Å². The Bertz CT molecular complexity index is 452. The molecule has 118 valence electrons. The van der Waals surface area contributed by atoms with Crippen molar-refractivity contribution in [1.29, 1.82) is 0 Å². The van der Waals surface area contributed by atoms with E-state index in [-0.39, 0.29) is 11.9 Å². The van der Waals surface area contributed by atoms with Crippen molar-refractivity contribution in [2.24, 2.45) is 11.1 Å². The zero-order chi connectivity index (χ0) is 15.9. The van der Waals surface area contributed by atoms with Gasteiger partial charge in [0.05, 0.1) is 16.9 Å². The minimum absolute atomic E-state index is 0.0279. The molecular weight excluding hydrogens is 284 g/mol. The smallest absolute Gasteiger partial charge is 0.233 e. The second-order valence-corrected chi connectivity index (χ2v) is 5.99. The van der Waals surface area contributed by atoms with Crippen molar-refractivity contribution in [1.82, 2.24) is 15.1 Å². The Labute approximate surface area is 132 Å². The molecule has 1 aromatic heterocycles. The minimum Gasteiger partial charge on any atom is -0.392 e. The van der Waals surface area contributed by atoms with E-state index in [0.29, 0.717) is 24.4 Å². The third-order valence-electron chi connectivity index (χ3n) is 3.66. The predicted octanol–water partition coefficient (Wildman–Crippen LogP) is 2.26. The van der Waals surface area contributed by atoms with Gasteiger partial charge in [-0.05, 0) is 25.8 Å². The maximum Gasteiger partial charge on any atom is 0.233 e. The first-order chi connectivity index (χ1) is 9.96. The van der Waals surface area contributed by atoms with E-state index in [1.807, 2.05) is 33.0 Å². The highest BCUT2D eigenvalue weighted by molar-refractivity contribution is 7.80. The van der Waals surface area contributed by atoms with Gasteiger partial charge in [0.1, 0.15) is 0 Å². The first kappa shape index (κ1) is 17.6. The highest BCUT2D eigenvalue weighted by atomic mass is 32.1. The Morgan fingerprint density at radius 3 is 2.48 bits per heavy atom. The summed E-state index contributed by atoms with van der Waals surface area (Å²) in [7, 11) is 0. The van der Waals surface area contributed by atoms with Crippen molar-refractivity contribution in [3.8, 4) is 0 Å². The standard InChI is InChI=1S/C15H26N4OS/c1-4-7-15(8-5-2,13(16)21)14(20)18-12(3)11-19-10-6-9-17-19/h6,9-10,12H,4-5,7-8,11H2,1-3H3,(H2,16,21)(H,18,20). The molecule has 0 fully saturated rings. The first-order valence-electron chi connectivity index (χ1n) is 7.54. The SMILES string of the molecule is CCCC(CCC)(C(=O)NC(C)Cn1cccn1)C(N)=S. The van der Waals surface area contributed by atoms with E-state index in [2.05, 4.69) is 10.4 Å². The minimum atomic E-state index is -0.725. The molecule has 0 saturated heterocycles. The van der Waals surface area contributed by atoms with Crippen LogP contribution in [0, 0.1) is 5.41 Å². The van der Waals surface area contributed by atoms with E-state index in [0.717, 1.165) is 12.8 Å². The van der Waals surface area contributed by atoms with Crippen LogP contribution < -0.4 is 11.1 Å². The Kier molecular flexibility index (Phi) is 6.81. The fourth-order valence-electron chi connectivity index (χ4n) is 2.66. The zero-order valence-corrected chi connectivity index (χ0v) is 13.9. The molecule has 0 radical (unpaired) electrons. The highest BCUT2D eigenvalue weighted by Crippen LogP contribution is 2.31. The largest absolute Gasteiger partial charge is 0.392 e. The van der Waals surface area contributed by atoms with Gasteiger partial charge in [0.2, 0.25) is 5.91 Å². The Hall–Kier alpha value is -1.43. The van der Waals surface area contributed by atoms with E-state index < -0.39 is 5.41 Å². The Morgan fingerprint density at radius 2 is 2.05 bits per heavy atom. The van der Waals surface area contributed by atoms with E-state index in [9.17, 15) is 4.79 Å². The van der Waals surface area contributed by atoms with E-state index in [4.69, 9.17) is 18.0 Å². The molecule has 1 rings (SSSR count). The molecule has 0 spiro atoms. The molecule has 0 aliphatic carbocycles. The summed E-state index contributed by atoms with van der Waals surface area (Å²) in [5.74, 6) is -0.0571. The number of amides is 1. The summed E-state index contributed by atoms with van der Waals surface area (Å²) < 4.78 is 1.80. The van der Waals surface area contributed by atoms with Gasteiger partial charge >= 0.3 is 0 Å². The number of nitrogens with two attached hydrogens (primary N) is 1. The summed E-state index contributed by atoms with van der Waals surface area (Å²) >= 11 is 5.20. The fourth-order valence-corrected chi connectivity index (χ4v) is 2.96. The maximum absolute atomic E-state index is 12.7. The van der Waals surface area contributed by atoms with Crippen molar-refractivity contribution < 1.29 is 4.79 Å². The zero-order valence-electron chi connectivity index (χ0n) is 13.1.